The Morgan fingerprint density at radius 3 is 1.50 bits per heavy atom. The summed E-state index contributed by atoms with van der Waals surface area (Å²) in [6.45, 7) is 0. The van der Waals surface area contributed by atoms with Crippen LogP contribution in [0.25, 0.3) is 0 Å². The predicted molar refractivity (Wildman–Crippen MR) is 106 cm³/mol. The number of hydrogen-bond acceptors (Lipinski definition) is 1. The van der Waals surface area contributed by atoms with Crippen molar-refractivity contribution in [1.82, 2.24) is 0 Å². The molecule has 2 atom stereocenters. The first-order chi connectivity index (χ1) is 12.9. The highest BCUT2D eigenvalue weighted by molar-refractivity contribution is 5.57. The summed E-state index contributed by atoms with van der Waals surface area (Å²) in [4.78, 5) is 0. The Labute approximate surface area is 155 Å². The first-order valence-electron chi connectivity index (χ1n) is 9.28. The van der Waals surface area contributed by atoms with Gasteiger partial charge >= 0.3 is 0 Å². The van der Waals surface area contributed by atoms with Gasteiger partial charge in [-0.1, -0.05) is 97.1 Å². The van der Waals surface area contributed by atoms with E-state index in [1.54, 1.807) is 0 Å². The fraction of sp³-hybridized carbons (Fsp3) is 0.200. The highest BCUT2D eigenvalue weighted by Crippen LogP contribution is 2.63. The molecule has 0 saturated carbocycles. The predicted octanol–water partition coefficient (Wildman–Crippen LogP) is 5.65. The van der Waals surface area contributed by atoms with E-state index in [1.807, 2.05) is 7.11 Å². The zero-order valence-corrected chi connectivity index (χ0v) is 14.9. The summed E-state index contributed by atoms with van der Waals surface area (Å²) < 4.78 is 6.48. The van der Waals surface area contributed by atoms with Gasteiger partial charge in [0.1, 0.15) is 0 Å². The Kier molecular flexibility index (Phi) is 3.58. The van der Waals surface area contributed by atoms with Gasteiger partial charge in [0.05, 0.1) is 5.60 Å². The number of methoxy groups -OCH3 is 1. The number of hydrogen-bond donors (Lipinski definition) is 0. The molecule has 0 radical (unpaired) electrons. The number of ether oxygens (including phenoxy) is 1. The Hall–Kier alpha value is -2.64. The first kappa shape index (κ1) is 15.6. The molecule has 0 fully saturated rings. The molecule has 0 N–H and O–H groups in total. The van der Waals surface area contributed by atoms with Crippen molar-refractivity contribution < 1.29 is 4.74 Å². The molecule has 0 spiro atoms. The summed E-state index contributed by atoms with van der Waals surface area (Å²) in [5.74, 6) is 0.727. The van der Waals surface area contributed by atoms with Gasteiger partial charge in [0.15, 0.2) is 0 Å². The van der Waals surface area contributed by atoms with E-state index in [2.05, 4.69) is 97.1 Å². The van der Waals surface area contributed by atoms with Crippen LogP contribution in [0.5, 0.6) is 0 Å². The highest BCUT2D eigenvalue weighted by atomic mass is 16.5. The monoisotopic (exact) mass is 338 g/mol. The van der Waals surface area contributed by atoms with Crippen LogP contribution in [0.4, 0.5) is 0 Å². The van der Waals surface area contributed by atoms with Gasteiger partial charge in [-0.05, 0) is 22.3 Å². The smallest absolute Gasteiger partial charge is 0.0992 e. The number of fused-ring (bicyclic) bond motifs is 5. The molecule has 3 aromatic carbocycles. The van der Waals surface area contributed by atoms with E-state index in [-0.39, 0.29) is 23.4 Å². The molecule has 0 aliphatic heterocycles. The van der Waals surface area contributed by atoms with E-state index >= 15 is 0 Å². The van der Waals surface area contributed by atoms with Crippen LogP contribution in [-0.4, -0.2) is 12.7 Å². The molecule has 1 heteroatoms. The van der Waals surface area contributed by atoms with E-state index in [0.717, 1.165) is 0 Å². The SMILES string of the molecule is COC1(C(c2ccccc2)c2ccccc2)C2C=CC1c1ccccc12. The van der Waals surface area contributed by atoms with Crippen LogP contribution in [-0.2, 0) is 4.74 Å². The van der Waals surface area contributed by atoms with Crippen molar-refractivity contribution in [1.29, 1.82) is 0 Å². The summed E-state index contributed by atoms with van der Waals surface area (Å²) in [6.07, 6.45) is 4.71. The molecule has 0 saturated heterocycles. The molecule has 26 heavy (non-hydrogen) atoms. The van der Waals surface area contributed by atoms with Crippen molar-refractivity contribution in [3.63, 3.8) is 0 Å². The third-order valence-corrected chi connectivity index (χ3v) is 6.20. The first-order valence-corrected chi connectivity index (χ1v) is 9.28. The molecule has 0 heterocycles. The van der Waals surface area contributed by atoms with Gasteiger partial charge < -0.3 is 4.74 Å². The maximum Gasteiger partial charge on any atom is 0.0992 e. The maximum absolute atomic E-state index is 6.48. The van der Waals surface area contributed by atoms with E-state index in [4.69, 9.17) is 4.74 Å². The molecule has 2 aliphatic rings. The normalized spacial score (nSPS) is 25.6. The van der Waals surface area contributed by atoms with E-state index in [9.17, 15) is 0 Å². The van der Waals surface area contributed by atoms with Crippen LogP contribution in [0.15, 0.2) is 97.1 Å². The minimum Gasteiger partial charge on any atom is -0.375 e. The minimum absolute atomic E-state index is 0.173. The van der Waals surface area contributed by atoms with Crippen LogP contribution in [0.3, 0.4) is 0 Å². The molecule has 5 rings (SSSR count). The third kappa shape index (κ3) is 2.01. The average Bonchev–Trinajstić information content (AvgIpc) is 3.22. The minimum atomic E-state index is -0.313. The van der Waals surface area contributed by atoms with Gasteiger partial charge in [-0.15, -0.1) is 0 Å². The third-order valence-electron chi connectivity index (χ3n) is 6.20. The zero-order chi connectivity index (χ0) is 17.6. The number of rotatable bonds is 4. The largest absolute Gasteiger partial charge is 0.375 e. The second-order valence-electron chi connectivity index (χ2n) is 7.28. The fourth-order valence-electron chi connectivity index (χ4n) is 5.22. The lowest BCUT2D eigenvalue weighted by molar-refractivity contribution is -0.0305. The molecule has 0 aromatic heterocycles. The lowest BCUT2D eigenvalue weighted by Gasteiger charge is -2.42. The van der Waals surface area contributed by atoms with Crippen LogP contribution >= 0.6 is 0 Å². The van der Waals surface area contributed by atoms with Gasteiger partial charge in [-0.25, -0.2) is 0 Å². The Morgan fingerprint density at radius 2 is 1.08 bits per heavy atom. The van der Waals surface area contributed by atoms with E-state index in [1.165, 1.54) is 22.3 Å². The average molecular weight is 338 g/mol. The van der Waals surface area contributed by atoms with Crippen molar-refractivity contribution in [2.75, 3.05) is 7.11 Å². The lowest BCUT2D eigenvalue weighted by Crippen LogP contribution is -2.42. The van der Waals surface area contributed by atoms with E-state index < -0.39 is 0 Å². The van der Waals surface area contributed by atoms with E-state index in [0.29, 0.717) is 0 Å². The second kappa shape index (κ2) is 5.96. The van der Waals surface area contributed by atoms with Gasteiger partial charge in [0.25, 0.3) is 0 Å². The summed E-state index contributed by atoms with van der Waals surface area (Å²) in [5, 5.41) is 0. The van der Waals surface area contributed by atoms with Gasteiger partial charge in [0.2, 0.25) is 0 Å². The summed E-state index contributed by atoms with van der Waals surface area (Å²) in [5.41, 5.74) is 5.14. The second-order valence-corrected chi connectivity index (χ2v) is 7.28. The zero-order valence-electron chi connectivity index (χ0n) is 14.9. The standard InChI is InChI=1S/C25H22O/c1-26-25(22-16-17-23(25)21-15-9-8-14-20(21)22)24(18-10-4-2-5-11-18)19-12-6-3-7-13-19/h2-17,22-24H,1H3. The van der Waals surface area contributed by atoms with Gasteiger partial charge in [-0.2, -0.15) is 0 Å². The van der Waals surface area contributed by atoms with Crippen molar-refractivity contribution >= 4 is 0 Å². The lowest BCUT2D eigenvalue weighted by atomic mass is 9.70. The Balaban J connectivity index is 1.74. The fourth-order valence-corrected chi connectivity index (χ4v) is 5.22. The van der Waals surface area contributed by atoms with Crippen LogP contribution in [0, 0.1) is 0 Å². The summed E-state index contributed by atoms with van der Waals surface area (Å²) >= 11 is 0. The topological polar surface area (TPSA) is 9.23 Å². The van der Waals surface area contributed by atoms with Crippen LogP contribution < -0.4 is 0 Å². The highest BCUT2D eigenvalue weighted by Gasteiger charge is 2.59. The van der Waals surface area contributed by atoms with Crippen molar-refractivity contribution in [3.8, 4) is 0 Å². The Bertz CT molecular complexity index is 870. The Morgan fingerprint density at radius 1 is 0.654 bits per heavy atom. The summed E-state index contributed by atoms with van der Waals surface area (Å²) in [7, 11) is 1.89. The van der Waals surface area contributed by atoms with Crippen LogP contribution in [0.2, 0.25) is 0 Å². The van der Waals surface area contributed by atoms with Crippen LogP contribution in [0.1, 0.15) is 40.0 Å². The quantitative estimate of drug-likeness (QED) is 0.558. The number of benzene rings is 3. The van der Waals surface area contributed by atoms with Crippen molar-refractivity contribution in [2.45, 2.75) is 23.4 Å². The molecular formula is C25H22O. The molecule has 2 unspecified atom stereocenters. The van der Waals surface area contributed by atoms with Crippen molar-refractivity contribution in [2.24, 2.45) is 0 Å². The summed E-state index contributed by atoms with van der Waals surface area (Å²) in [6, 6.07) is 30.5. The maximum atomic E-state index is 6.48. The molecule has 0 amide bonds. The molecule has 128 valence electrons. The van der Waals surface area contributed by atoms with Gasteiger partial charge in [-0.3, -0.25) is 0 Å². The molecule has 1 nitrogen and oxygen atoms in total. The molecular weight excluding hydrogens is 316 g/mol. The van der Waals surface area contributed by atoms with Gasteiger partial charge in [0, 0.05) is 24.9 Å². The molecule has 2 bridgehead atoms. The molecule has 3 aromatic rings. The molecule has 2 aliphatic carbocycles. The van der Waals surface area contributed by atoms with Crippen molar-refractivity contribution in [3.05, 3.63) is 119 Å².